The molecule has 1 aliphatic carbocycles. The molecule has 2 N–H and O–H groups in total. The maximum absolute atomic E-state index is 5.50. The first kappa shape index (κ1) is 19.2. The third-order valence-electron chi connectivity index (χ3n) is 5.22. The zero-order valence-electron chi connectivity index (χ0n) is 15.7. The van der Waals surface area contributed by atoms with Gasteiger partial charge in [0.15, 0.2) is 5.11 Å². The highest BCUT2D eigenvalue weighted by Gasteiger charge is 2.18. The summed E-state index contributed by atoms with van der Waals surface area (Å²) in [5.74, 6) is 0.762. The highest BCUT2D eigenvalue weighted by Crippen LogP contribution is 2.36. The molecule has 1 aromatic rings. The van der Waals surface area contributed by atoms with E-state index in [0.29, 0.717) is 0 Å². The molecule has 0 saturated heterocycles. The molecule has 0 amide bonds. The molecule has 0 radical (unpaired) electrons. The van der Waals surface area contributed by atoms with Gasteiger partial charge in [0.05, 0.1) is 0 Å². The molecular formula is C21H34N2S. The van der Waals surface area contributed by atoms with E-state index in [1.165, 1.54) is 55.3 Å². The van der Waals surface area contributed by atoms with E-state index in [1.54, 1.807) is 5.56 Å². The standard InChI is InChI=1S/C21H34N2S/c1-4-7-13-22-21(24)23-20-16(5-2)14-19(15-17(20)6-3)18-11-9-8-10-12-18/h14-15,18H,4-13H2,1-3H3,(H2,22,23,24). The van der Waals surface area contributed by atoms with Crippen LogP contribution in [0.3, 0.4) is 0 Å². The quantitative estimate of drug-likeness (QED) is 0.471. The van der Waals surface area contributed by atoms with Gasteiger partial charge in [-0.15, -0.1) is 0 Å². The van der Waals surface area contributed by atoms with Gasteiger partial charge in [0, 0.05) is 12.2 Å². The van der Waals surface area contributed by atoms with Crippen molar-refractivity contribution in [3.05, 3.63) is 28.8 Å². The van der Waals surface area contributed by atoms with Crippen LogP contribution in [0.25, 0.3) is 0 Å². The summed E-state index contributed by atoms with van der Waals surface area (Å²) < 4.78 is 0. The van der Waals surface area contributed by atoms with Gasteiger partial charge in [0.2, 0.25) is 0 Å². The number of anilines is 1. The van der Waals surface area contributed by atoms with Crippen molar-refractivity contribution in [2.24, 2.45) is 0 Å². The van der Waals surface area contributed by atoms with E-state index in [1.807, 2.05) is 0 Å². The van der Waals surface area contributed by atoms with Gasteiger partial charge in [0.25, 0.3) is 0 Å². The van der Waals surface area contributed by atoms with Crippen LogP contribution in [0, 0.1) is 0 Å². The molecule has 1 aromatic carbocycles. The summed E-state index contributed by atoms with van der Waals surface area (Å²) >= 11 is 5.50. The van der Waals surface area contributed by atoms with E-state index >= 15 is 0 Å². The lowest BCUT2D eigenvalue weighted by Crippen LogP contribution is -2.30. The molecule has 1 saturated carbocycles. The van der Waals surface area contributed by atoms with Gasteiger partial charge in [-0.2, -0.15) is 0 Å². The minimum atomic E-state index is 0.762. The largest absolute Gasteiger partial charge is 0.362 e. The monoisotopic (exact) mass is 346 g/mol. The Morgan fingerprint density at radius 1 is 1.04 bits per heavy atom. The van der Waals surface area contributed by atoms with Crippen molar-refractivity contribution in [2.45, 2.75) is 84.5 Å². The molecule has 0 unspecified atom stereocenters. The fraction of sp³-hybridized carbons (Fsp3) is 0.667. The predicted molar refractivity (Wildman–Crippen MR) is 110 cm³/mol. The first-order chi connectivity index (χ1) is 11.7. The van der Waals surface area contributed by atoms with E-state index in [0.717, 1.165) is 36.8 Å². The van der Waals surface area contributed by atoms with Crippen molar-refractivity contribution in [3.63, 3.8) is 0 Å². The van der Waals surface area contributed by atoms with E-state index in [4.69, 9.17) is 12.2 Å². The summed E-state index contributed by atoms with van der Waals surface area (Å²) in [6.45, 7) is 7.65. The Hall–Kier alpha value is -1.09. The van der Waals surface area contributed by atoms with Crippen LogP contribution < -0.4 is 10.6 Å². The molecule has 0 aromatic heterocycles. The van der Waals surface area contributed by atoms with E-state index in [9.17, 15) is 0 Å². The van der Waals surface area contributed by atoms with Crippen LogP contribution >= 0.6 is 12.2 Å². The zero-order valence-corrected chi connectivity index (χ0v) is 16.5. The number of nitrogens with one attached hydrogen (secondary N) is 2. The third-order valence-corrected chi connectivity index (χ3v) is 5.46. The molecule has 24 heavy (non-hydrogen) atoms. The average molecular weight is 347 g/mol. The zero-order chi connectivity index (χ0) is 17.4. The Morgan fingerprint density at radius 2 is 1.67 bits per heavy atom. The molecule has 1 fully saturated rings. The van der Waals surface area contributed by atoms with E-state index in [2.05, 4.69) is 43.5 Å². The molecular weight excluding hydrogens is 312 g/mol. The average Bonchev–Trinajstić information content (AvgIpc) is 2.62. The molecule has 2 rings (SSSR count). The van der Waals surface area contributed by atoms with Crippen molar-refractivity contribution >= 4 is 23.0 Å². The maximum atomic E-state index is 5.50. The molecule has 2 nitrogen and oxygen atoms in total. The van der Waals surface area contributed by atoms with Gasteiger partial charge in [-0.1, -0.05) is 58.6 Å². The topological polar surface area (TPSA) is 24.1 Å². The highest BCUT2D eigenvalue weighted by molar-refractivity contribution is 7.80. The molecule has 1 aliphatic rings. The Labute approximate surface area is 153 Å². The second kappa shape index (κ2) is 10.0. The van der Waals surface area contributed by atoms with Crippen molar-refractivity contribution < 1.29 is 0 Å². The van der Waals surface area contributed by atoms with Crippen LogP contribution in [-0.2, 0) is 12.8 Å². The number of unbranched alkanes of at least 4 members (excludes halogenated alkanes) is 1. The first-order valence-corrected chi connectivity index (χ1v) is 10.3. The molecule has 0 spiro atoms. The van der Waals surface area contributed by atoms with Crippen LogP contribution in [0.2, 0.25) is 0 Å². The normalized spacial score (nSPS) is 15.3. The van der Waals surface area contributed by atoms with E-state index in [-0.39, 0.29) is 0 Å². The van der Waals surface area contributed by atoms with Crippen molar-refractivity contribution in [3.8, 4) is 0 Å². The van der Waals surface area contributed by atoms with Gasteiger partial charge in [0.1, 0.15) is 0 Å². The Morgan fingerprint density at radius 3 is 2.21 bits per heavy atom. The van der Waals surface area contributed by atoms with Crippen molar-refractivity contribution in [1.82, 2.24) is 5.32 Å². The fourth-order valence-corrected chi connectivity index (χ4v) is 3.93. The number of hydrogen-bond acceptors (Lipinski definition) is 1. The molecule has 134 valence electrons. The smallest absolute Gasteiger partial charge is 0.170 e. The van der Waals surface area contributed by atoms with Gasteiger partial charge < -0.3 is 10.6 Å². The summed E-state index contributed by atoms with van der Waals surface area (Å²) in [6.07, 6.45) is 11.3. The van der Waals surface area contributed by atoms with Gasteiger partial charge in [-0.25, -0.2) is 0 Å². The SMILES string of the molecule is CCCCNC(=S)Nc1c(CC)cc(C2CCCCC2)cc1CC. The van der Waals surface area contributed by atoms with Crippen LogP contribution in [0.15, 0.2) is 12.1 Å². The maximum Gasteiger partial charge on any atom is 0.170 e. The van der Waals surface area contributed by atoms with Gasteiger partial charge >= 0.3 is 0 Å². The summed E-state index contributed by atoms with van der Waals surface area (Å²) in [6, 6.07) is 4.87. The van der Waals surface area contributed by atoms with Crippen LogP contribution in [0.5, 0.6) is 0 Å². The summed E-state index contributed by atoms with van der Waals surface area (Å²) in [4.78, 5) is 0. The highest BCUT2D eigenvalue weighted by atomic mass is 32.1. The van der Waals surface area contributed by atoms with Crippen LogP contribution in [0.4, 0.5) is 5.69 Å². The lowest BCUT2D eigenvalue weighted by Gasteiger charge is -2.25. The number of hydrogen-bond donors (Lipinski definition) is 2. The van der Waals surface area contributed by atoms with Gasteiger partial charge in [-0.05, 0) is 66.9 Å². The molecule has 0 bridgehead atoms. The summed E-state index contributed by atoms with van der Waals surface area (Å²) in [7, 11) is 0. The lowest BCUT2D eigenvalue weighted by molar-refractivity contribution is 0.443. The minimum absolute atomic E-state index is 0.762. The number of rotatable bonds is 7. The lowest BCUT2D eigenvalue weighted by atomic mass is 9.82. The number of aryl methyl sites for hydroxylation is 2. The second-order valence-corrected chi connectivity index (χ2v) is 7.40. The minimum Gasteiger partial charge on any atom is -0.362 e. The number of benzene rings is 1. The Balaban J connectivity index is 2.18. The van der Waals surface area contributed by atoms with Gasteiger partial charge in [-0.3, -0.25) is 0 Å². The Kier molecular flexibility index (Phi) is 8.04. The third kappa shape index (κ3) is 5.20. The van der Waals surface area contributed by atoms with Crippen LogP contribution in [0.1, 0.15) is 88.3 Å². The first-order valence-electron chi connectivity index (χ1n) is 9.90. The number of thiocarbonyl (C=S) groups is 1. The molecule has 3 heteroatoms. The predicted octanol–water partition coefficient (Wildman–Crippen LogP) is 5.95. The summed E-state index contributed by atoms with van der Waals surface area (Å²) in [5, 5.41) is 7.59. The van der Waals surface area contributed by atoms with Crippen LogP contribution in [-0.4, -0.2) is 11.7 Å². The second-order valence-electron chi connectivity index (χ2n) is 6.99. The van der Waals surface area contributed by atoms with Crippen molar-refractivity contribution in [2.75, 3.05) is 11.9 Å². The molecule has 0 heterocycles. The van der Waals surface area contributed by atoms with E-state index < -0.39 is 0 Å². The Bertz CT molecular complexity index is 508. The summed E-state index contributed by atoms with van der Waals surface area (Å²) in [5.41, 5.74) is 5.62. The molecule has 0 aliphatic heterocycles. The fourth-order valence-electron chi connectivity index (χ4n) is 3.72. The molecule has 0 atom stereocenters. The van der Waals surface area contributed by atoms with Crippen molar-refractivity contribution in [1.29, 1.82) is 0 Å².